The van der Waals surface area contributed by atoms with Gasteiger partial charge in [-0.05, 0) is 42.3 Å². The Morgan fingerprint density at radius 2 is 1.82 bits per heavy atom. The summed E-state index contributed by atoms with van der Waals surface area (Å²) in [6.45, 7) is 9.08. The molecule has 6 heteroatoms. The van der Waals surface area contributed by atoms with Gasteiger partial charge < -0.3 is 9.64 Å². The molecule has 1 aliphatic heterocycles. The summed E-state index contributed by atoms with van der Waals surface area (Å²) in [5.74, 6) is 0.980. The average molecular weight is 378 g/mol. The van der Waals surface area contributed by atoms with Gasteiger partial charge in [0.25, 0.3) is 0 Å². The highest BCUT2D eigenvalue weighted by molar-refractivity contribution is 5.99. The second-order valence-corrected chi connectivity index (χ2v) is 7.37. The Hall–Kier alpha value is -2.86. The Balaban J connectivity index is 1.77. The molecular formula is C22H26N4O2. The first-order chi connectivity index (χ1) is 13.6. The SMILES string of the molecule is CC(=O)N(c1ccc(N2CCOCC2)cc1)c1c(C(C)C)nc2ccccn12. The van der Waals surface area contributed by atoms with Crippen molar-refractivity contribution >= 4 is 28.7 Å². The molecule has 0 radical (unpaired) electrons. The third-order valence-corrected chi connectivity index (χ3v) is 5.09. The van der Waals surface area contributed by atoms with Crippen LogP contribution in [0.15, 0.2) is 48.7 Å². The lowest BCUT2D eigenvalue weighted by molar-refractivity contribution is -0.115. The van der Waals surface area contributed by atoms with Gasteiger partial charge in [0, 0.05) is 31.9 Å². The second-order valence-electron chi connectivity index (χ2n) is 7.37. The Morgan fingerprint density at radius 1 is 1.11 bits per heavy atom. The molecule has 0 bridgehead atoms. The van der Waals surface area contributed by atoms with Crippen molar-refractivity contribution in [1.82, 2.24) is 9.38 Å². The molecule has 28 heavy (non-hydrogen) atoms. The average Bonchev–Trinajstić information content (AvgIpc) is 3.09. The lowest BCUT2D eigenvalue weighted by Gasteiger charge is -2.29. The first-order valence-electron chi connectivity index (χ1n) is 9.76. The summed E-state index contributed by atoms with van der Waals surface area (Å²) >= 11 is 0. The van der Waals surface area contributed by atoms with Gasteiger partial charge in [-0.2, -0.15) is 0 Å². The van der Waals surface area contributed by atoms with E-state index in [4.69, 9.17) is 9.72 Å². The number of carbonyl (C=O) groups excluding carboxylic acids is 1. The number of hydrogen-bond acceptors (Lipinski definition) is 4. The van der Waals surface area contributed by atoms with Crippen LogP contribution in [0.3, 0.4) is 0 Å². The van der Waals surface area contributed by atoms with Crippen molar-refractivity contribution in [3.63, 3.8) is 0 Å². The van der Waals surface area contributed by atoms with Crippen LogP contribution in [0.2, 0.25) is 0 Å². The van der Waals surface area contributed by atoms with Crippen molar-refractivity contribution in [2.75, 3.05) is 36.1 Å². The summed E-state index contributed by atoms with van der Waals surface area (Å²) < 4.78 is 7.43. The van der Waals surface area contributed by atoms with E-state index in [1.54, 1.807) is 11.8 Å². The highest BCUT2D eigenvalue weighted by Gasteiger charge is 2.25. The fourth-order valence-electron chi connectivity index (χ4n) is 3.70. The molecule has 0 spiro atoms. The van der Waals surface area contributed by atoms with E-state index < -0.39 is 0 Å². The van der Waals surface area contributed by atoms with E-state index in [1.807, 2.05) is 40.9 Å². The first-order valence-corrected chi connectivity index (χ1v) is 9.76. The number of imidazole rings is 1. The van der Waals surface area contributed by atoms with E-state index in [2.05, 4.69) is 30.9 Å². The minimum Gasteiger partial charge on any atom is -0.378 e. The van der Waals surface area contributed by atoms with Gasteiger partial charge in [0.05, 0.1) is 24.6 Å². The molecular weight excluding hydrogens is 352 g/mol. The Labute approximate surface area is 165 Å². The van der Waals surface area contributed by atoms with E-state index in [0.29, 0.717) is 0 Å². The maximum atomic E-state index is 12.7. The van der Waals surface area contributed by atoms with Gasteiger partial charge in [0.15, 0.2) is 0 Å². The molecule has 1 aromatic carbocycles. The maximum Gasteiger partial charge on any atom is 0.229 e. The number of anilines is 3. The summed E-state index contributed by atoms with van der Waals surface area (Å²) in [7, 11) is 0. The zero-order valence-electron chi connectivity index (χ0n) is 16.6. The van der Waals surface area contributed by atoms with Crippen LogP contribution in [-0.4, -0.2) is 41.6 Å². The number of pyridine rings is 1. The molecule has 0 aliphatic carbocycles. The number of benzene rings is 1. The van der Waals surface area contributed by atoms with Crippen molar-refractivity contribution in [3.8, 4) is 0 Å². The molecule has 3 heterocycles. The number of fused-ring (bicyclic) bond motifs is 1. The summed E-state index contributed by atoms with van der Waals surface area (Å²) in [5, 5.41) is 0. The predicted octanol–water partition coefficient (Wildman–Crippen LogP) is 3.98. The second kappa shape index (κ2) is 7.64. The molecule has 4 rings (SSSR count). The number of nitrogens with zero attached hydrogens (tertiary/aromatic N) is 4. The normalized spacial score (nSPS) is 14.6. The van der Waals surface area contributed by atoms with Crippen LogP contribution in [-0.2, 0) is 9.53 Å². The van der Waals surface area contributed by atoms with E-state index >= 15 is 0 Å². The summed E-state index contributed by atoms with van der Waals surface area (Å²) in [4.78, 5) is 21.6. The van der Waals surface area contributed by atoms with Gasteiger partial charge in [-0.3, -0.25) is 14.1 Å². The van der Waals surface area contributed by atoms with Crippen LogP contribution >= 0.6 is 0 Å². The first kappa shape index (κ1) is 18.5. The van der Waals surface area contributed by atoms with Crippen LogP contribution < -0.4 is 9.80 Å². The molecule has 0 atom stereocenters. The molecule has 146 valence electrons. The lowest BCUT2D eigenvalue weighted by atomic mass is 10.1. The van der Waals surface area contributed by atoms with E-state index in [0.717, 1.165) is 54.8 Å². The van der Waals surface area contributed by atoms with Gasteiger partial charge in [0.1, 0.15) is 11.5 Å². The highest BCUT2D eigenvalue weighted by atomic mass is 16.5. The number of hydrogen-bond donors (Lipinski definition) is 0. The lowest BCUT2D eigenvalue weighted by Crippen LogP contribution is -2.36. The number of rotatable bonds is 4. The number of aromatic nitrogens is 2. The number of amides is 1. The zero-order chi connectivity index (χ0) is 19.7. The highest BCUT2D eigenvalue weighted by Crippen LogP contribution is 2.34. The zero-order valence-corrected chi connectivity index (χ0v) is 16.6. The Bertz CT molecular complexity index is 972. The maximum absolute atomic E-state index is 12.7. The summed E-state index contributed by atoms with van der Waals surface area (Å²) in [5.41, 5.74) is 3.76. The monoisotopic (exact) mass is 378 g/mol. The molecule has 1 saturated heterocycles. The third kappa shape index (κ3) is 3.36. The molecule has 0 unspecified atom stereocenters. The minimum absolute atomic E-state index is 0.0355. The number of ether oxygens (including phenoxy) is 1. The number of carbonyl (C=O) groups is 1. The van der Waals surface area contributed by atoms with Crippen molar-refractivity contribution in [1.29, 1.82) is 0 Å². The van der Waals surface area contributed by atoms with Crippen LogP contribution in [0.1, 0.15) is 32.4 Å². The van der Waals surface area contributed by atoms with Crippen molar-refractivity contribution in [3.05, 3.63) is 54.4 Å². The van der Waals surface area contributed by atoms with Gasteiger partial charge in [0.2, 0.25) is 5.91 Å². The smallest absolute Gasteiger partial charge is 0.229 e. The van der Waals surface area contributed by atoms with Crippen molar-refractivity contribution in [2.45, 2.75) is 26.7 Å². The standard InChI is InChI=1S/C22H26N4O2/c1-16(2)21-22(25-11-5-4-6-20(25)23-21)26(17(3)27)19-9-7-18(8-10-19)24-12-14-28-15-13-24/h4-11,16H,12-15H2,1-3H3. The van der Waals surface area contributed by atoms with Crippen LogP contribution in [0.4, 0.5) is 17.2 Å². The largest absolute Gasteiger partial charge is 0.378 e. The molecule has 3 aromatic rings. The fourth-order valence-corrected chi connectivity index (χ4v) is 3.70. The van der Waals surface area contributed by atoms with Crippen molar-refractivity contribution < 1.29 is 9.53 Å². The molecule has 0 N–H and O–H groups in total. The van der Waals surface area contributed by atoms with Crippen molar-refractivity contribution in [2.24, 2.45) is 0 Å². The molecule has 0 saturated carbocycles. The van der Waals surface area contributed by atoms with Gasteiger partial charge in [-0.15, -0.1) is 0 Å². The van der Waals surface area contributed by atoms with Crippen LogP contribution in [0.25, 0.3) is 5.65 Å². The van der Waals surface area contributed by atoms with Gasteiger partial charge in [-0.1, -0.05) is 19.9 Å². The molecule has 2 aromatic heterocycles. The Morgan fingerprint density at radius 3 is 2.46 bits per heavy atom. The molecule has 1 aliphatic rings. The van der Waals surface area contributed by atoms with Crippen LogP contribution in [0.5, 0.6) is 0 Å². The minimum atomic E-state index is -0.0355. The summed E-state index contributed by atoms with van der Waals surface area (Å²) in [6, 6.07) is 14.1. The summed E-state index contributed by atoms with van der Waals surface area (Å²) in [6.07, 6.45) is 1.96. The van der Waals surface area contributed by atoms with E-state index in [9.17, 15) is 4.79 Å². The number of morpholine rings is 1. The quantitative estimate of drug-likeness (QED) is 0.689. The predicted molar refractivity (Wildman–Crippen MR) is 112 cm³/mol. The topological polar surface area (TPSA) is 50.1 Å². The van der Waals surface area contributed by atoms with Gasteiger partial charge in [-0.25, -0.2) is 4.98 Å². The third-order valence-electron chi connectivity index (χ3n) is 5.09. The van der Waals surface area contributed by atoms with Crippen LogP contribution in [0, 0.1) is 0 Å². The van der Waals surface area contributed by atoms with E-state index in [1.165, 1.54) is 0 Å². The molecule has 1 fully saturated rings. The fraction of sp³-hybridized carbons (Fsp3) is 0.364. The van der Waals surface area contributed by atoms with Gasteiger partial charge >= 0.3 is 0 Å². The van der Waals surface area contributed by atoms with E-state index in [-0.39, 0.29) is 11.8 Å². The Kier molecular flexibility index (Phi) is 5.05. The molecule has 6 nitrogen and oxygen atoms in total. The molecule has 1 amide bonds.